The quantitative estimate of drug-likeness (QED) is 0.374. The molecule has 0 radical (unpaired) electrons. The summed E-state index contributed by atoms with van der Waals surface area (Å²) < 4.78 is 1.40. The first kappa shape index (κ1) is 20.2. The van der Waals surface area contributed by atoms with Crippen molar-refractivity contribution in [1.29, 1.82) is 0 Å². The minimum absolute atomic E-state index is 0.0477. The number of aromatic hydroxyl groups is 1. The fraction of sp³-hybridized carbons (Fsp3) is 0. The summed E-state index contributed by atoms with van der Waals surface area (Å²) in [6.07, 6.45) is 1.65. The molecule has 0 atom stereocenters. The Morgan fingerprint density at radius 3 is 2.44 bits per heavy atom. The number of aliphatic imine (C=N–C) groups is 1. The van der Waals surface area contributed by atoms with Crippen LogP contribution >= 0.6 is 23.8 Å². The number of H-pyrrole nitrogens is 1. The van der Waals surface area contributed by atoms with E-state index in [1.165, 1.54) is 4.57 Å². The number of hydrogen-bond donors (Lipinski definition) is 2. The van der Waals surface area contributed by atoms with E-state index in [1.54, 1.807) is 30.3 Å². The molecule has 32 heavy (non-hydrogen) atoms. The summed E-state index contributed by atoms with van der Waals surface area (Å²) in [5.74, 6) is -0.295. The van der Waals surface area contributed by atoms with Crippen molar-refractivity contribution >= 4 is 46.9 Å². The maximum absolute atomic E-state index is 12.9. The van der Waals surface area contributed by atoms with Gasteiger partial charge >= 0.3 is 0 Å². The van der Waals surface area contributed by atoms with Gasteiger partial charge in [-0.3, -0.25) is 14.3 Å². The Morgan fingerprint density at radius 1 is 0.969 bits per heavy atom. The lowest BCUT2D eigenvalue weighted by atomic mass is 9.96. The number of aromatic nitrogens is 2. The molecule has 0 amide bonds. The Hall–Kier alpha value is -3.74. The standard InChI is InChI=1S/C25H16ClN3O2S/c26-19-11-5-7-13-21(19)29-24(31)18(23(30)28-25(29)32)14-17-16-10-4-6-12-20(16)27-22(17)15-8-2-1-3-9-15/h1-14,31H,(H,28,30,32)/b17-14+. The summed E-state index contributed by atoms with van der Waals surface area (Å²) in [4.78, 5) is 20.3. The molecule has 5 rings (SSSR count). The van der Waals surface area contributed by atoms with E-state index in [9.17, 15) is 9.90 Å². The van der Waals surface area contributed by atoms with E-state index in [0.717, 1.165) is 28.1 Å². The van der Waals surface area contributed by atoms with Crippen LogP contribution in [0.15, 0.2) is 88.6 Å². The van der Waals surface area contributed by atoms with E-state index in [2.05, 4.69) is 4.98 Å². The van der Waals surface area contributed by atoms with Gasteiger partial charge in [0.2, 0.25) is 5.88 Å². The highest BCUT2D eigenvalue weighted by atomic mass is 35.5. The van der Waals surface area contributed by atoms with E-state index < -0.39 is 5.56 Å². The first-order valence-corrected chi connectivity index (χ1v) is 10.6. The summed E-state index contributed by atoms with van der Waals surface area (Å²) in [7, 11) is 0. The molecule has 4 aromatic rings. The Balaban J connectivity index is 1.77. The Morgan fingerprint density at radius 2 is 1.66 bits per heavy atom. The van der Waals surface area contributed by atoms with Crippen LogP contribution in [0.3, 0.4) is 0 Å². The van der Waals surface area contributed by atoms with E-state index >= 15 is 0 Å². The van der Waals surface area contributed by atoms with Crippen LogP contribution in [-0.2, 0) is 0 Å². The number of benzene rings is 3. The van der Waals surface area contributed by atoms with Gasteiger partial charge in [-0.05, 0) is 36.5 Å². The van der Waals surface area contributed by atoms with E-state index in [1.807, 2.05) is 54.6 Å². The monoisotopic (exact) mass is 457 g/mol. The fourth-order valence-corrected chi connectivity index (χ4v) is 4.24. The van der Waals surface area contributed by atoms with Crippen LogP contribution in [-0.4, -0.2) is 20.4 Å². The molecule has 0 fully saturated rings. The number of para-hydroxylation sites is 2. The molecule has 0 saturated carbocycles. The zero-order valence-corrected chi connectivity index (χ0v) is 18.2. The van der Waals surface area contributed by atoms with Crippen LogP contribution in [0, 0.1) is 4.77 Å². The van der Waals surface area contributed by atoms with Crippen molar-refractivity contribution in [2.24, 2.45) is 4.99 Å². The lowest BCUT2D eigenvalue weighted by Crippen LogP contribution is -2.16. The topological polar surface area (TPSA) is 70.4 Å². The molecule has 2 heterocycles. The number of rotatable bonds is 3. The van der Waals surface area contributed by atoms with Crippen LogP contribution < -0.4 is 5.56 Å². The zero-order chi connectivity index (χ0) is 22.2. The van der Waals surface area contributed by atoms with Crippen molar-refractivity contribution in [2.45, 2.75) is 0 Å². The highest BCUT2D eigenvalue weighted by molar-refractivity contribution is 7.71. The zero-order valence-electron chi connectivity index (χ0n) is 16.6. The molecule has 2 N–H and O–H groups in total. The van der Waals surface area contributed by atoms with Gasteiger partial charge in [-0.1, -0.05) is 72.3 Å². The molecule has 156 valence electrons. The van der Waals surface area contributed by atoms with Crippen LogP contribution in [0.5, 0.6) is 5.88 Å². The molecule has 7 heteroatoms. The van der Waals surface area contributed by atoms with E-state index in [-0.39, 0.29) is 16.2 Å². The largest absolute Gasteiger partial charge is 0.494 e. The average Bonchev–Trinajstić information content (AvgIpc) is 3.17. The molecule has 3 aromatic carbocycles. The second kappa shape index (κ2) is 8.07. The lowest BCUT2D eigenvalue weighted by molar-refractivity contribution is 0.432. The molecule has 0 saturated heterocycles. The van der Waals surface area contributed by atoms with Crippen molar-refractivity contribution in [1.82, 2.24) is 9.55 Å². The van der Waals surface area contributed by atoms with E-state index in [0.29, 0.717) is 10.7 Å². The van der Waals surface area contributed by atoms with Gasteiger partial charge in [0.25, 0.3) is 5.56 Å². The van der Waals surface area contributed by atoms with Crippen molar-refractivity contribution in [2.75, 3.05) is 0 Å². The van der Waals surface area contributed by atoms with Gasteiger partial charge in [0.1, 0.15) is 5.56 Å². The third kappa shape index (κ3) is 3.39. The SMILES string of the molecule is O=c1[nH]c(=S)n(-c2ccccc2Cl)c(O)c1/C=C1/C(c2ccccc2)=Nc2ccccc21. The maximum atomic E-state index is 12.9. The smallest absolute Gasteiger partial charge is 0.262 e. The summed E-state index contributed by atoms with van der Waals surface area (Å²) in [6.45, 7) is 0. The van der Waals surface area contributed by atoms with Crippen molar-refractivity contribution in [3.63, 3.8) is 0 Å². The van der Waals surface area contributed by atoms with Crippen LogP contribution in [0.2, 0.25) is 5.02 Å². The first-order chi connectivity index (χ1) is 15.5. The number of nitrogens with zero attached hydrogens (tertiary/aromatic N) is 2. The molecule has 1 aromatic heterocycles. The van der Waals surface area contributed by atoms with Gasteiger partial charge in [0.05, 0.1) is 22.1 Å². The van der Waals surface area contributed by atoms with Crippen LogP contribution in [0.4, 0.5) is 5.69 Å². The van der Waals surface area contributed by atoms with Crippen molar-refractivity contribution in [3.05, 3.63) is 116 Å². The molecule has 0 unspecified atom stereocenters. The molecule has 5 nitrogen and oxygen atoms in total. The minimum atomic E-state index is -0.500. The van der Waals surface area contributed by atoms with Gasteiger partial charge < -0.3 is 5.11 Å². The number of allylic oxidation sites excluding steroid dienone is 1. The second-order valence-corrected chi connectivity index (χ2v) is 7.98. The third-order valence-corrected chi connectivity index (χ3v) is 5.84. The Bertz CT molecular complexity index is 1540. The highest BCUT2D eigenvalue weighted by Gasteiger charge is 2.24. The maximum Gasteiger partial charge on any atom is 0.262 e. The number of hydrogen-bond acceptors (Lipinski definition) is 4. The van der Waals surface area contributed by atoms with Gasteiger partial charge in [-0.15, -0.1) is 0 Å². The molecule has 1 aliphatic rings. The molecular weight excluding hydrogens is 442 g/mol. The Kier molecular flexibility index (Phi) is 5.09. The normalized spacial score (nSPS) is 13.8. The van der Waals surface area contributed by atoms with Gasteiger partial charge in [-0.2, -0.15) is 0 Å². The predicted octanol–water partition coefficient (Wildman–Crippen LogP) is 5.93. The summed E-state index contributed by atoms with van der Waals surface area (Å²) >= 11 is 11.6. The molecule has 1 aliphatic heterocycles. The van der Waals surface area contributed by atoms with Crippen molar-refractivity contribution in [3.8, 4) is 11.6 Å². The van der Waals surface area contributed by atoms with Gasteiger partial charge in [0, 0.05) is 16.7 Å². The fourth-order valence-electron chi connectivity index (χ4n) is 3.74. The third-order valence-electron chi connectivity index (χ3n) is 5.23. The van der Waals surface area contributed by atoms with Gasteiger partial charge in [0.15, 0.2) is 4.77 Å². The first-order valence-electron chi connectivity index (χ1n) is 9.83. The Labute approximate surface area is 193 Å². The number of aromatic amines is 1. The molecule has 0 bridgehead atoms. The molecule has 0 aliphatic carbocycles. The van der Waals surface area contributed by atoms with Crippen LogP contribution in [0.1, 0.15) is 16.7 Å². The number of nitrogens with one attached hydrogen (secondary N) is 1. The lowest BCUT2D eigenvalue weighted by Gasteiger charge is -2.13. The minimum Gasteiger partial charge on any atom is -0.494 e. The van der Waals surface area contributed by atoms with Gasteiger partial charge in [-0.25, -0.2) is 4.99 Å². The number of halogens is 1. The molecule has 0 spiro atoms. The average molecular weight is 458 g/mol. The molecular formula is C25H16ClN3O2S. The number of fused-ring (bicyclic) bond motifs is 1. The van der Waals surface area contributed by atoms with Crippen molar-refractivity contribution < 1.29 is 5.11 Å². The highest BCUT2D eigenvalue weighted by Crippen LogP contribution is 2.38. The summed E-state index contributed by atoms with van der Waals surface area (Å²) in [5, 5.41) is 11.5. The second-order valence-electron chi connectivity index (χ2n) is 7.18. The summed E-state index contributed by atoms with van der Waals surface area (Å²) in [6, 6.07) is 24.3. The predicted molar refractivity (Wildman–Crippen MR) is 131 cm³/mol. The van der Waals surface area contributed by atoms with Crippen LogP contribution in [0.25, 0.3) is 17.3 Å². The van der Waals surface area contributed by atoms with E-state index in [4.69, 9.17) is 28.8 Å². The summed E-state index contributed by atoms with van der Waals surface area (Å²) in [5.41, 5.74) is 4.06.